The number of pyridine rings is 1. The molecular weight excluding hydrogens is 530 g/mol. The monoisotopic (exact) mass is 555 g/mol. The van der Waals surface area contributed by atoms with Crippen molar-refractivity contribution in [2.75, 3.05) is 6.61 Å². The number of carbonyl (C=O) groups excluding carboxylic acids is 2. The molecule has 3 heterocycles. The van der Waals surface area contributed by atoms with E-state index in [4.69, 9.17) is 9.73 Å². The van der Waals surface area contributed by atoms with Crippen LogP contribution in [0, 0.1) is 10.1 Å². The van der Waals surface area contributed by atoms with Crippen molar-refractivity contribution in [2.45, 2.75) is 25.9 Å². The molecule has 202 valence electrons. The predicted octanol–water partition coefficient (Wildman–Crippen LogP) is 4.97. The Kier molecular flexibility index (Phi) is 8.02. The second kappa shape index (κ2) is 12.0. The molecule has 2 aliphatic heterocycles. The number of ether oxygens (including phenoxy) is 1. The maximum Gasteiger partial charge on any atom is 0.338 e. The van der Waals surface area contributed by atoms with Gasteiger partial charge in [-0.2, -0.15) is 0 Å². The molecule has 0 bridgehead atoms. The van der Waals surface area contributed by atoms with Gasteiger partial charge in [0.1, 0.15) is 0 Å². The lowest BCUT2D eigenvalue weighted by Gasteiger charge is -2.36. The van der Waals surface area contributed by atoms with Gasteiger partial charge in [-0.25, -0.2) is 9.79 Å². The van der Waals surface area contributed by atoms with E-state index in [1.165, 1.54) is 23.9 Å². The summed E-state index contributed by atoms with van der Waals surface area (Å²) in [5, 5.41) is 17.0. The highest BCUT2D eigenvalue weighted by Gasteiger charge is 2.42. The van der Waals surface area contributed by atoms with Crippen LogP contribution in [0.4, 0.5) is 5.69 Å². The molecule has 5 rings (SSSR count). The standard InChI is InChI=1S/C29H25N5O5S/c1-2-39-28(36)25-26(20-7-4-3-5-8-20)32-29-33(27(25)21-9-6-10-22(15-21)34(37)38)23(18-40-29)16-24(35)31-17-19-11-13-30-14-12-19/h3-15,18,27H,2,16-17H2,1H3,(H,31,35). The Labute approximate surface area is 234 Å². The molecule has 40 heavy (non-hydrogen) atoms. The first kappa shape index (κ1) is 26.8. The average Bonchev–Trinajstić information content (AvgIpc) is 3.38. The highest BCUT2D eigenvalue weighted by atomic mass is 32.2. The number of fused-ring (bicyclic) bond motifs is 1. The van der Waals surface area contributed by atoms with E-state index >= 15 is 0 Å². The maximum absolute atomic E-state index is 13.5. The van der Waals surface area contributed by atoms with Gasteiger partial charge in [0.05, 0.1) is 35.3 Å². The van der Waals surface area contributed by atoms with Gasteiger partial charge >= 0.3 is 5.97 Å². The van der Waals surface area contributed by atoms with Crippen LogP contribution in [0.15, 0.2) is 101 Å². The van der Waals surface area contributed by atoms with Crippen LogP contribution >= 0.6 is 11.8 Å². The summed E-state index contributed by atoms with van der Waals surface area (Å²) in [5.74, 6) is -0.808. The van der Waals surface area contributed by atoms with E-state index in [1.54, 1.807) is 36.4 Å². The molecule has 0 radical (unpaired) electrons. The van der Waals surface area contributed by atoms with Gasteiger partial charge in [0.2, 0.25) is 5.91 Å². The van der Waals surface area contributed by atoms with E-state index in [9.17, 15) is 19.7 Å². The molecule has 3 aromatic rings. The predicted molar refractivity (Wildman–Crippen MR) is 151 cm³/mol. The Hall–Kier alpha value is -4.77. The molecule has 0 saturated carbocycles. The number of nitrogens with zero attached hydrogens (tertiary/aromatic N) is 4. The third-order valence-electron chi connectivity index (χ3n) is 6.33. The molecule has 10 nitrogen and oxygen atoms in total. The number of hydrogen-bond acceptors (Lipinski definition) is 9. The van der Waals surface area contributed by atoms with E-state index in [-0.39, 0.29) is 30.2 Å². The molecule has 0 spiro atoms. The van der Waals surface area contributed by atoms with E-state index in [1.807, 2.05) is 47.9 Å². The first-order valence-corrected chi connectivity index (χ1v) is 13.4. The molecular formula is C29H25N5O5S. The number of aliphatic imine (C=N–C) groups is 1. The van der Waals surface area contributed by atoms with Crippen molar-refractivity contribution >= 4 is 40.2 Å². The SMILES string of the molecule is CCOC(=O)C1=C(c2ccccc2)N=C2SC=C(CC(=O)NCc3ccncc3)N2C1c1cccc([N+](=O)[O-])c1. The summed E-state index contributed by atoms with van der Waals surface area (Å²) in [5.41, 5.74) is 3.28. The van der Waals surface area contributed by atoms with Crippen LogP contribution < -0.4 is 5.32 Å². The van der Waals surface area contributed by atoms with Crippen LogP contribution in [0.1, 0.15) is 36.1 Å². The van der Waals surface area contributed by atoms with Crippen molar-refractivity contribution in [3.8, 4) is 0 Å². The van der Waals surface area contributed by atoms with Crippen LogP contribution in [0.25, 0.3) is 5.70 Å². The second-order valence-electron chi connectivity index (χ2n) is 8.90. The number of nitrogens with one attached hydrogen (secondary N) is 1. The minimum Gasteiger partial charge on any atom is -0.463 e. The van der Waals surface area contributed by atoms with Crippen LogP contribution in [-0.4, -0.2) is 38.5 Å². The Morgan fingerprint density at radius 1 is 1.10 bits per heavy atom. The number of benzene rings is 2. The van der Waals surface area contributed by atoms with E-state index in [2.05, 4.69) is 10.3 Å². The zero-order valence-electron chi connectivity index (χ0n) is 21.5. The van der Waals surface area contributed by atoms with Gasteiger partial charge in [0.15, 0.2) is 5.17 Å². The van der Waals surface area contributed by atoms with Crippen molar-refractivity contribution in [3.05, 3.63) is 123 Å². The molecule has 0 fully saturated rings. The van der Waals surface area contributed by atoms with Gasteiger partial charge in [0.25, 0.3) is 5.69 Å². The van der Waals surface area contributed by atoms with Gasteiger partial charge in [-0.1, -0.05) is 54.2 Å². The normalized spacial score (nSPS) is 16.1. The Balaban J connectivity index is 1.56. The Morgan fingerprint density at radius 2 is 1.88 bits per heavy atom. The number of nitro benzene ring substituents is 1. The molecule has 0 saturated heterocycles. The Bertz CT molecular complexity index is 1540. The largest absolute Gasteiger partial charge is 0.463 e. The first-order valence-electron chi connectivity index (χ1n) is 12.6. The van der Waals surface area contributed by atoms with Gasteiger partial charge in [-0.3, -0.25) is 19.9 Å². The number of carbonyl (C=O) groups is 2. The topological polar surface area (TPSA) is 127 Å². The average molecular weight is 556 g/mol. The number of amidine groups is 1. The van der Waals surface area contributed by atoms with E-state index < -0.39 is 16.9 Å². The van der Waals surface area contributed by atoms with Gasteiger partial charge in [-0.05, 0) is 35.6 Å². The fourth-order valence-corrected chi connectivity index (χ4v) is 5.46. The minimum absolute atomic E-state index is 0.0132. The molecule has 0 aliphatic carbocycles. The molecule has 2 aromatic carbocycles. The van der Waals surface area contributed by atoms with Crippen molar-refractivity contribution in [3.63, 3.8) is 0 Å². The second-order valence-corrected chi connectivity index (χ2v) is 9.74. The number of non-ortho nitro benzene ring substituents is 1. The highest BCUT2D eigenvalue weighted by molar-refractivity contribution is 8.16. The number of rotatable bonds is 9. The first-order chi connectivity index (χ1) is 19.5. The van der Waals surface area contributed by atoms with Crippen molar-refractivity contribution in [1.82, 2.24) is 15.2 Å². The summed E-state index contributed by atoms with van der Waals surface area (Å²) in [6, 6.07) is 18.2. The fourth-order valence-electron chi connectivity index (χ4n) is 4.54. The number of thioether (sulfide) groups is 1. The lowest BCUT2D eigenvalue weighted by atomic mass is 9.91. The van der Waals surface area contributed by atoms with Crippen LogP contribution in [0.5, 0.6) is 0 Å². The zero-order valence-corrected chi connectivity index (χ0v) is 22.3. The summed E-state index contributed by atoms with van der Waals surface area (Å²) in [6.07, 6.45) is 3.33. The summed E-state index contributed by atoms with van der Waals surface area (Å²) >= 11 is 1.33. The van der Waals surface area contributed by atoms with Crippen molar-refractivity contribution in [2.24, 2.45) is 4.99 Å². The number of aromatic nitrogens is 1. The van der Waals surface area contributed by atoms with Gasteiger partial charge in [-0.15, -0.1) is 0 Å². The lowest BCUT2D eigenvalue weighted by molar-refractivity contribution is -0.384. The molecule has 2 aliphatic rings. The third-order valence-corrected chi connectivity index (χ3v) is 7.22. The van der Waals surface area contributed by atoms with E-state index in [0.29, 0.717) is 34.2 Å². The lowest BCUT2D eigenvalue weighted by Crippen LogP contribution is -2.38. The zero-order chi connectivity index (χ0) is 28.1. The number of hydrogen-bond donors (Lipinski definition) is 1. The molecule has 1 N–H and O–H groups in total. The number of amides is 1. The van der Waals surface area contributed by atoms with Crippen molar-refractivity contribution in [1.29, 1.82) is 0 Å². The molecule has 1 unspecified atom stereocenters. The van der Waals surface area contributed by atoms with Crippen LogP contribution in [0.2, 0.25) is 0 Å². The molecule has 11 heteroatoms. The van der Waals surface area contributed by atoms with Crippen LogP contribution in [0.3, 0.4) is 0 Å². The molecule has 1 amide bonds. The maximum atomic E-state index is 13.5. The summed E-state index contributed by atoms with van der Waals surface area (Å²) in [6.45, 7) is 2.19. The molecule has 1 atom stereocenters. The van der Waals surface area contributed by atoms with E-state index in [0.717, 1.165) is 5.56 Å². The Morgan fingerprint density at radius 3 is 2.60 bits per heavy atom. The quantitative estimate of drug-likeness (QED) is 0.223. The number of esters is 1. The summed E-state index contributed by atoms with van der Waals surface area (Å²) < 4.78 is 5.48. The fraction of sp³-hybridized carbons (Fsp3) is 0.172. The van der Waals surface area contributed by atoms with Crippen LogP contribution in [-0.2, 0) is 20.9 Å². The highest BCUT2D eigenvalue weighted by Crippen LogP contribution is 2.47. The minimum atomic E-state index is -0.809. The smallest absolute Gasteiger partial charge is 0.338 e. The number of nitro groups is 1. The molecule has 1 aromatic heterocycles. The summed E-state index contributed by atoms with van der Waals surface area (Å²) in [7, 11) is 0. The van der Waals surface area contributed by atoms with Gasteiger partial charge in [0, 0.05) is 42.3 Å². The van der Waals surface area contributed by atoms with Gasteiger partial charge < -0.3 is 15.0 Å². The third kappa shape index (κ3) is 5.64. The van der Waals surface area contributed by atoms with Crippen molar-refractivity contribution < 1.29 is 19.2 Å². The summed E-state index contributed by atoms with van der Waals surface area (Å²) in [4.78, 5) is 48.4.